The van der Waals surface area contributed by atoms with Crippen molar-refractivity contribution in [2.45, 2.75) is 26.8 Å². The number of benzene rings is 2. The van der Waals surface area contributed by atoms with Crippen LogP contribution in [0.3, 0.4) is 0 Å². The predicted molar refractivity (Wildman–Crippen MR) is 120 cm³/mol. The van der Waals surface area contributed by atoms with Crippen LogP contribution in [0, 0.1) is 20.8 Å². The fourth-order valence-corrected chi connectivity index (χ4v) is 4.61. The minimum atomic E-state index is -0.489. The highest BCUT2D eigenvalue weighted by Crippen LogP contribution is 2.25. The van der Waals surface area contributed by atoms with Crippen LogP contribution < -0.4 is 5.32 Å². The van der Waals surface area contributed by atoms with Gasteiger partial charge in [-0.05, 0) is 74.4 Å². The van der Waals surface area contributed by atoms with Crippen molar-refractivity contribution in [2.75, 3.05) is 16.9 Å². The molecule has 154 valence electrons. The Balaban J connectivity index is 1.48. The lowest BCUT2D eigenvalue weighted by Crippen LogP contribution is -2.44. The third-order valence-corrected chi connectivity index (χ3v) is 6.42. The maximum atomic E-state index is 13.1. The second-order valence-electron chi connectivity index (χ2n) is 7.51. The van der Waals surface area contributed by atoms with Crippen molar-refractivity contribution < 1.29 is 9.59 Å². The Kier molecular flexibility index (Phi) is 5.63. The summed E-state index contributed by atoms with van der Waals surface area (Å²) >= 11 is 1.59. The highest BCUT2D eigenvalue weighted by atomic mass is 32.2. The second kappa shape index (κ2) is 8.36. The topological polar surface area (TPSA) is 67.2 Å². The summed E-state index contributed by atoms with van der Waals surface area (Å²) in [5.74, 6) is 0.806. The van der Waals surface area contributed by atoms with Crippen molar-refractivity contribution >= 4 is 29.3 Å². The molecule has 7 heteroatoms. The van der Waals surface area contributed by atoms with Gasteiger partial charge in [-0.2, -0.15) is 5.10 Å². The zero-order chi connectivity index (χ0) is 21.3. The molecule has 4 rings (SSSR count). The van der Waals surface area contributed by atoms with Crippen LogP contribution in [0.4, 0.5) is 5.69 Å². The number of amides is 2. The molecule has 1 saturated heterocycles. The van der Waals surface area contributed by atoms with Gasteiger partial charge < -0.3 is 10.2 Å². The molecule has 1 aliphatic rings. The number of anilines is 1. The molecular weight excluding hydrogens is 396 g/mol. The van der Waals surface area contributed by atoms with E-state index >= 15 is 0 Å². The number of carbonyl (C=O) groups excluding carboxylic acids is 2. The molecule has 2 aromatic carbocycles. The summed E-state index contributed by atoms with van der Waals surface area (Å²) in [5.41, 5.74) is 5.53. The Labute approximate surface area is 180 Å². The van der Waals surface area contributed by atoms with Crippen LogP contribution in [0.15, 0.2) is 54.7 Å². The molecule has 1 atom stereocenters. The van der Waals surface area contributed by atoms with Gasteiger partial charge in [-0.25, -0.2) is 4.68 Å². The van der Waals surface area contributed by atoms with Crippen molar-refractivity contribution in [3.8, 4) is 5.69 Å². The second-order valence-corrected chi connectivity index (χ2v) is 8.51. The SMILES string of the molecule is Cc1ccc(NC(=O)C2CSCN2C(=O)c2ccc(-n3nccc3C)cc2)cc1C. The summed E-state index contributed by atoms with van der Waals surface area (Å²) in [6.07, 6.45) is 1.74. The largest absolute Gasteiger partial charge is 0.324 e. The zero-order valence-corrected chi connectivity index (χ0v) is 18.1. The quantitative estimate of drug-likeness (QED) is 0.694. The Morgan fingerprint density at radius 2 is 1.80 bits per heavy atom. The fraction of sp³-hybridized carbons (Fsp3) is 0.261. The molecular formula is C23H24N4O2S. The van der Waals surface area contributed by atoms with Crippen LogP contribution in [-0.2, 0) is 4.79 Å². The zero-order valence-electron chi connectivity index (χ0n) is 17.3. The van der Waals surface area contributed by atoms with Gasteiger partial charge in [0.05, 0.1) is 11.6 Å². The van der Waals surface area contributed by atoms with Gasteiger partial charge in [-0.3, -0.25) is 9.59 Å². The van der Waals surface area contributed by atoms with E-state index in [2.05, 4.69) is 10.4 Å². The number of aryl methyl sites for hydroxylation is 3. The van der Waals surface area contributed by atoms with Crippen LogP contribution in [-0.4, -0.2) is 44.2 Å². The summed E-state index contributed by atoms with van der Waals surface area (Å²) in [6, 6.07) is 14.6. The monoisotopic (exact) mass is 420 g/mol. The normalized spacial score (nSPS) is 16.0. The molecule has 1 N–H and O–H groups in total. The summed E-state index contributed by atoms with van der Waals surface area (Å²) in [4.78, 5) is 27.6. The first-order valence-electron chi connectivity index (χ1n) is 9.82. The van der Waals surface area contributed by atoms with E-state index in [0.29, 0.717) is 17.2 Å². The molecule has 30 heavy (non-hydrogen) atoms. The van der Waals surface area contributed by atoms with E-state index in [0.717, 1.165) is 22.6 Å². The molecule has 0 saturated carbocycles. The van der Waals surface area contributed by atoms with Crippen LogP contribution in [0.1, 0.15) is 27.2 Å². The van der Waals surface area contributed by atoms with E-state index in [1.54, 1.807) is 35.0 Å². The maximum absolute atomic E-state index is 13.1. The van der Waals surface area contributed by atoms with Crippen LogP contribution >= 0.6 is 11.8 Å². The summed E-state index contributed by atoms with van der Waals surface area (Å²) in [5, 5.41) is 7.25. The maximum Gasteiger partial charge on any atom is 0.255 e. The van der Waals surface area contributed by atoms with Gasteiger partial charge in [0.2, 0.25) is 5.91 Å². The standard InChI is InChI=1S/C23H24N4O2S/c1-15-4-7-19(12-16(15)2)25-22(28)21-13-30-14-26(21)23(29)18-5-8-20(9-6-18)27-17(3)10-11-24-27/h4-12,21H,13-14H2,1-3H3,(H,25,28). The Morgan fingerprint density at radius 3 is 2.47 bits per heavy atom. The molecule has 1 fully saturated rings. The van der Waals surface area contributed by atoms with Gasteiger partial charge in [0.25, 0.3) is 5.91 Å². The molecule has 6 nitrogen and oxygen atoms in total. The van der Waals surface area contributed by atoms with Crippen molar-refractivity contribution in [1.29, 1.82) is 0 Å². The Bertz CT molecular complexity index is 1090. The molecule has 0 bridgehead atoms. The Morgan fingerprint density at radius 1 is 1.03 bits per heavy atom. The lowest BCUT2D eigenvalue weighted by atomic mass is 10.1. The highest BCUT2D eigenvalue weighted by Gasteiger charge is 2.35. The van der Waals surface area contributed by atoms with E-state index < -0.39 is 6.04 Å². The van der Waals surface area contributed by atoms with Gasteiger partial charge in [0, 0.05) is 28.9 Å². The number of thioether (sulfide) groups is 1. The summed E-state index contributed by atoms with van der Waals surface area (Å²) in [6.45, 7) is 6.03. The highest BCUT2D eigenvalue weighted by molar-refractivity contribution is 7.99. The minimum Gasteiger partial charge on any atom is -0.324 e. The van der Waals surface area contributed by atoms with E-state index in [1.807, 2.05) is 61.9 Å². The smallest absolute Gasteiger partial charge is 0.255 e. The van der Waals surface area contributed by atoms with Crippen LogP contribution in [0.25, 0.3) is 5.69 Å². The average Bonchev–Trinajstić information content (AvgIpc) is 3.39. The number of carbonyl (C=O) groups is 2. The first-order valence-corrected chi connectivity index (χ1v) is 11.0. The number of hydrogen-bond donors (Lipinski definition) is 1. The van der Waals surface area contributed by atoms with Crippen molar-refractivity contribution in [2.24, 2.45) is 0 Å². The summed E-state index contributed by atoms with van der Waals surface area (Å²) in [7, 11) is 0. The van der Waals surface area contributed by atoms with Crippen molar-refractivity contribution in [1.82, 2.24) is 14.7 Å². The molecule has 2 amide bonds. The molecule has 0 spiro atoms. The third-order valence-electron chi connectivity index (χ3n) is 5.41. The van der Waals surface area contributed by atoms with E-state index in [-0.39, 0.29) is 11.8 Å². The van der Waals surface area contributed by atoms with E-state index in [4.69, 9.17) is 0 Å². The number of rotatable bonds is 4. The molecule has 1 aliphatic heterocycles. The predicted octanol–water partition coefficient (Wildman–Crippen LogP) is 3.95. The summed E-state index contributed by atoms with van der Waals surface area (Å²) < 4.78 is 1.82. The molecule has 3 aromatic rings. The molecule has 1 aromatic heterocycles. The number of nitrogens with one attached hydrogen (secondary N) is 1. The van der Waals surface area contributed by atoms with Gasteiger partial charge >= 0.3 is 0 Å². The molecule has 0 radical (unpaired) electrons. The minimum absolute atomic E-state index is 0.135. The van der Waals surface area contributed by atoms with Crippen molar-refractivity contribution in [3.63, 3.8) is 0 Å². The van der Waals surface area contributed by atoms with Gasteiger partial charge in [-0.1, -0.05) is 6.07 Å². The van der Waals surface area contributed by atoms with Crippen LogP contribution in [0.2, 0.25) is 0 Å². The fourth-order valence-electron chi connectivity index (χ4n) is 3.46. The first kappa shape index (κ1) is 20.2. The van der Waals surface area contributed by atoms with Gasteiger partial charge in [0.15, 0.2) is 0 Å². The average molecular weight is 421 g/mol. The molecule has 2 heterocycles. The van der Waals surface area contributed by atoms with E-state index in [1.165, 1.54) is 5.56 Å². The first-order chi connectivity index (χ1) is 14.4. The van der Waals surface area contributed by atoms with Crippen molar-refractivity contribution in [3.05, 3.63) is 77.1 Å². The van der Waals surface area contributed by atoms with Gasteiger partial charge in [0.1, 0.15) is 6.04 Å². The third kappa shape index (κ3) is 3.98. The number of hydrogen-bond acceptors (Lipinski definition) is 4. The lowest BCUT2D eigenvalue weighted by molar-refractivity contribution is -0.119. The lowest BCUT2D eigenvalue weighted by Gasteiger charge is -2.23. The Hall–Kier alpha value is -3.06. The van der Waals surface area contributed by atoms with Gasteiger partial charge in [-0.15, -0.1) is 11.8 Å². The van der Waals surface area contributed by atoms with E-state index in [9.17, 15) is 9.59 Å². The number of aromatic nitrogens is 2. The molecule has 0 aliphatic carbocycles. The number of nitrogens with zero attached hydrogens (tertiary/aromatic N) is 3. The van der Waals surface area contributed by atoms with Crippen LogP contribution in [0.5, 0.6) is 0 Å². The molecule has 1 unspecified atom stereocenters.